The van der Waals surface area contributed by atoms with E-state index in [-0.39, 0.29) is 11.3 Å². The summed E-state index contributed by atoms with van der Waals surface area (Å²) in [4.78, 5) is 15.7. The van der Waals surface area contributed by atoms with E-state index in [1.54, 1.807) is 12.3 Å². The van der Waals surface area contributed by atoms with Gasteiger partial charge < -0.3 is 11.1 Å². The summed E-state index contributed by atoms with van der Waals surface area (Å²) in [7, 11) is 0. The monoisotopic (exact) mass is 235 g/mol. The van der Waals surface area contributed by atoms with Gasteiger partial charge in [-0.3, -0.25) is 4.79 Å². The van der Waals surface area contributed by atoms with Crippen molar-refractivity contribution in [3.63, 3.8) is 0 Å². The normalized spacial score (nSPS) is 11.5. The number of Topliss-reactive ketones (excluding diaryl/α,β-unsaturated/α-hetero) is 1. The molecule has 0 aliphatic rings. The summed E-state index contributed by atoms with van der Waals surface area (Å²) in [6, 6.07) is 3.64. The predicted molar refractivity (Wildman–Crippen MR) is 69.7 cm³/mol. The summed E-state index contributed by atoms with van der Waals surface area (Å²) < 4.78 is 0. The van der Waals surface area contributed by atoms with Gasteiger partial charge in [0, 0.05) is 36.7 Å². The molecule has 1 heterocycles. The third-order valence-electron chi connectivity index (χ3n) is 2.37. The molecule has 17 heavy (non-hydrogen) atoms. The number of anilines is 1. The molecule has 94 valence electrons. The van der Waals surface area contributed by atoms with Crippen molar-refractivity contribution >= 4 is 11.6 Å². The first-order valence-electron chi connectivity index (χ1n) is 5.84. The van der Waals surface area contributed by atoms with Crippen LogP contribution in [0.4, 0.5) is 5.82 Å². The van der Waals surface area contributed by atoms with E-state index in [9.17, 15) is 4.79 Å². The van der Waals surface area contributed by atoms with Crippen LogP contribution in [0.5, 0.6) is 0 Å². The third kappa shape index (κ3) is 5.45. The molecule has 0 radical (unpaired) electrons. The van der Waals surface area contributed by atoms with Gasteiger partial charge in [-0.15, -0.1) is 0 Å². The molecule has 0 bridgehead atoms. The maximum absolute atomic E-state index is 11.7. The van der Waals surface area contributed by atoms with Crippen LogP contribution in [0, 0.1) is 0 Å². The number of aromatic nitrogens is 1. The Morgan fingerprint density at radius 3 is 2.76 bits per heavy atom. The van der Waals surface area contributed by atoms with Crippen LogP contribution in [0.2, 0.25) is 0 Å². The van der Waals surface area contributed by atoms with Crippen LogP contribution in [-0.4, -0.2) is 22.9 Å². The van der Waals surface area contributed by atoms with Gasteiger partial charge in [-0.25, -0.2) is 4.98 Å². The maximum Gasteiger partial charge on any atom is 0.138 e. The van der Waals surface area contributed by atoms with Gasteiger partial charge in [-0.05, 0) is 26.8 Å². The van der Waals surface area contributed by atoms with E-state index >= 15 is 0 Å². The van der Waals surface area contributed by atoms with Crippen LogP contribution in [0.3, 0.4) is 0 Å². The number of hydrogen-bond acceptors (Lipinski definition) is 4. The molecule has 0 saturated heterocycles. The summed E-state index contributed by atoms with van der Waals surface area (Å²) in [6.07, 6.45) is 2.52. The van der Waals surface area contributed by atoms with Crippen LogP contribution < -0.4 is 11.1 Å². The standard InChI is InChI=1S/C13H21N3O/c1-13(2,3)16-8-6-11(17)9-10-5-4-7-15-12(10)14/h4-5,7,16H,6,8-9H2,1-3H3,(H2,14,15). The largest absolute Gasteiger partial charge is 0.383 e. The highest BCUT2D eigenvalue weighted by atomic mass is 16.1. The lowest BCUT2D eigenvalue weighted by Crippen LogP contribution is -2.37. The fourth-order valence-corrected chi connectivity index (χ4v) is 1.48. The fourth-order valence-electron chi connectivity index (χ4n) is 1.48. The second kappa shape index (κ2) is 5.77. The Labute approximate surface area is 103 Å². The van der Waals surface area contributed by atoms with E-state index in [1.165, 1.54) is 0 Å². The average Bonchev–Trinajstić information content (AvgIpc) is 2.19. The zero-order valence-electron chi connectivity index (χ0n) is 10.8. The third-order valence-corrected chi connectivity index (χ3v) is 2.37. The van der Waals surface area contributed by atoms with Gasteiger partial charge in [-0.1, -0.05) is 6.07 Å². The van der Waals surface area contributed by atoms with Gasteiger partial charge in [0.05, 0.1) is 0 Å². The first-order chi connectivity index (χ1) is 7.88. The molecule has 0 saturated carbocycles. The first-order valence-corrected chi connectivity index (χ1v) is 5.84. The molecule has 1 rings (SSSR count). The van der Waals surface area contributed by atoms with Crippen LogP contribution >= 0.6 is 0 Å². The first kappa shape index (κ1) is 13.6. The molecule has 0 aliphatic heterocycles. The van der Waals surface area contributed by atoms with E-state index in [1.807, 2.05) is 6.07 Å². The Balaban J connectivity index is 2.38. The van der Waals surface area contributed by atoms with Gasteiger partial charge in [0.25, 0.3) is 0 Å². The highest BCUT2D eigenvalue weighted by Crippen LogP contribution is 2.09. The molecule has 1 aromatic heterocycles. The molecule has 0 spiro atoms. The highest BCUT2D eigenvalue weighted by molar-refractivity contribution is 5.82. The zero-order chi connectivity index (χ0) is 12.9. The van der Waals surface area contributed by atoms with Crippen molar-refractivity contribution in [1.82, 2.24) is 10.3 Å². The smallest absolute Gasteiger partial charge is 0.138 e. The van der Waals surface area contributed by atoms with E-state index in [2.05, 4.69) is 31.1 Å². The van der Waals surface area contributed by atoms with Gasteiger partial charge in [0.1, 0.15) is 11.6 Å². The Bertz CT molecular complexity index is 382. The minimum Gasteiger partial charge on any atom is -0.383 e. The van der Waals surface area contributed by atoms with Gasteiger partial charge >= 0.3 is 0 Å². The average molecular weight is 235 g/mol. The maximum atomic E-state index is 11.7. The number of carbonyl (C=O) groups excluding carboxylic acids is 1. The van der Waals surface area contributed by atoms with E-state index in [4.69, 9.17) is 5.73 Å². The Morgan fingerprint density at radius 1 is 1.47 bits per heavy atom. The van der Waals surface area contributed by atoms with Gasteiger partial charge in [0.2, 0.25) is 0 Å². The Morgan fingerprint density at radius 2 is 2.18 bits per heavy atom. The molecule has 0 atom stereocenters. The number of hydrogen-bond donors (Lipinski definition) is 2. The van der Waals surface area contributed by atoms with Crippen molar-refractivity contribution in [3.8, 4) is 0 Å². The van der Waals surface area contributed by atoms with Crippen molar-refractivity contribution in [1.29, 1.82) is 0 Å². The molecule has 3 N–H and O–H groups in total. The minimum atomic E-state index is 0.0492. The topological polar surface area (TPSA) is 68.0 Å². The Kier molecular flexibility index (Phi) is 4.63. The lowest BCUT2D eigenvalue weighted by molar-refractivity contribution is -0.118. The quantitative estimate of drug-likeness (QED) is 0.812. The highest BCUT2D eigenvalue weighted by Gasteiger charge is 2.11. The second-order valence-corrected chi connectivity index (χ2v) is 5.19. The Hall–Kier alpha value is -1.42. The summed E-state index contributed by atoms with van der Waals surface area (Å²) in [5, 5.41) is 3.29. The van der Waals surface area contributed by atoms with Crippen LogP contribution in [-0.2, 0) is 11.2 Å². The molecule has 0 aromatic carbocycles. The number of pyridine rings is 1. The van der Waals surface area contributed by atoms with Gasteiger partial charge in [-0.2, -0.15) is 0 Å². The SMILES string of the molecule is CC(C)(C)NCCC(=O)Cc1cccnc1N. The summed E-state index contributed by atoms with van der Waals surface area (Å²) in [6.45, 7) is 6.94. The van der Waals surface area contributed by atoms with Crippen molar-refractivity contribution in [2.45, 2.75) is 39.2 Å². The minimum absolute atomic E-state index is 0.0492. The number of nitrogens with one attached hydrogen (secondary N) is 1. The molecule has 0 unspecified atom stereocenters. The lowest BCUT2D eigenvalue weighted by Gasteiger charge is -2.20. The van der Waals surface area contributed by atoms with E-state index in [0.29, 0.717) is 25.2 Å². The van der Waals surface area contributed by atoms with E-state index in [0.717, 1.165) is 5.56 Å². The van der Waals surface area contributed by atoms with Crippen LogP contribution in [0.15, 0.2) is 18.3 Å². The van der Waals surface area contributed by atoms with Crippen molar-refractivity contribution in [3.05, 3.63) is 23.9 Å². The lowest BCUT2D eigenvalue weighted by atomic mass is 10.1. The molecule has 1 aromatic rings. The molecular weight excluding hydrogens is 214 g/mol. The summed E-state index contributed by atoms with van der Waals surface area (Å²) >= 11 is 0. The molecule has 4 heteroatoms. The van der Waals surface area contributed by atoms with Gasteiger partial charge in [0.15, 0.2) is 0 Å². The fraction of sp³-hybridized carbons (Fsp3) is 0.538. The second-order valence-electron chi connectivity index (χ2n) is 5.19. The number of ketones is 1. The summed E-state index contributed by atoms with van der Waals surface area (Å²) in [5.41, 5.74) is 6.55. The number of nitrogen functional groups attached to an aromatic ring is 1. The molecule has 4 nitrogen and oxygen atoms in total. The van der Waals surface area contributed by atoms with Crippen molar-refractivity contribution in [2.75, 3.05) is 12.3 Å². The number of carbonyl (C=O) groups is 1. The van der Waals surface area contributed by atoms with E-state index < -0.39 is 0 Å². The predicted octanol–water partition coefficient (Wildman–Crippen LogP) is 1.55. The number of rotatable bonds is 5. The molecule has 0 fully saturated rings. The number of nitrogens with two attached hydrogens (primary N) is 1. The molecule has 0 amide bonds. The van der Waals surface area contributed by atoms with Crippen LogP contribution in [0.1, 0.15) is 32.8 Å². The molecular formula is C13H21N3O. The zero-order valence-corrected chi connectivity index (χ0v) is 10.8. The summed E-state index contributed by atoms with van der Waals surface area (Å²) in [5.74, 6) is 0.631. The molecule has 0 aliphatic carbocycles. The van der Waals surface area contributed by atoms with Crippen molar-refractivity contribution in [2.24, 2.45) is 0 Å². The van der Waals surface area contributed by atoms with Crippen molar-refractivity contribution < 1.29 is 4.79 Å². The van der Waals surface area contributed by atoms with Crippen LogP contribution in [0.25, 0.3) is 0 Å². The number of nitrogens with zero attached hydrogens (tertiary/aromatic N) is 1.